The van der Waals surface area contributed by atoms with Crippen molar-refractivity contribution in [1.29, 1.82) is 0 Å². The summed E-state index contributed by atoms with van der Waals surface area (Å²) >= 11 is 0. The average Bonchev–Trinajstić information content (AvgIpc) is 2.55. The number of nitrogens with one attached hydrogen (secondary N) is 2. The topological polar surface area (TPSA) is 75.6 Å². The Morgan fingerprint density at radius 1 is 0.870 bits per heavy atom. The van der Waals surface area contributed by atoms with Crippen LogP contribution < -0.4 is 10.6 Å². The highest BCUT2D eigenvalue weighted by Crippen LogP contribution is 2.25. The van der Waals surface area contributed by atoms with Gasteiger partial charge in [-0.2, -0.15) is 0 Å². The number of aryl methyl sites for hydroxylation is 2. The summed E-state index contributed by atoms with van der Waals surface area (Å²) in [5, 5.41) is 6.35. The first-order valence-corrected chi connectivity index (χ1v) is 7.33. The molecule has 3 aromatic heterocycles. The van der Waals surface area contributed by atoms with Crippen LogP contribution in [0.4, 0.5) is 17.3 Å². The van der Waals surface area contributed by atoms with E-state index in [0.717, 1.165) is 34.1 Å². The molecule has 0 amide bonds. The first kappa shape index (κ1) is 14.9. The lowest BCUT2D eigenvalue weighted by atomic mass is 10.1. The Bertz CT molecular complexity index is 831. The summed E-state index contributed by atoms with van der Waals surface area (Å²) in [6, 6.07) is 7.83. The third-order valence-electron chi connectivity index (χ3n) is 3.48. The Labute approximate surface area is 135 Å². The molecule has 116 valence electrons. The lowest BCUT2D eigenvalue weighted by molar-refractivity contribution is 1.05. The van der Waals surface area contributed by atoms with E-state index in [1.54, 1.807) is 12.4 Å². The molecule has 0 aliphatic heterocycles. The van der Waals surface area contributed by atoms with Gasteiger partial charge < -0.3 is 10.6 Å². The van der Waals surface area contributed by atoms with Gasteiger partial charge >= 0.3 is 0 Å². The first-order valence-electron chi connectivity index (χ1n) is 7.33. The van der Waals surface area contributed by atoms with Gasteiger partial charge in [0.15, 0.2) is 0 Å². The minimum atomic E-state index is 0.715. The van der Waals surface area contributed by atoms with Gasteiger partial charge in [-0.3, -0.25) is 4.98 Å². The van der Waals surface area contributed by atoms with E-state index in [-0.39, 0.29) is 0 Å². The van der Waals surface area contributed by atoms with Crippen LogP contribution in [-0.2, 0) is 0 Å². The van der Waals surface area contributed by atoms with Crippen molar-refractivity contribution in [1.82, 2.24) is 19.9 Å². The van der Waals surface area contributed by atoms with Crippen molar-refractivity contribution in [3.63, 3.8) is 0 Å². The maximum Gasteiger partial charge on any atom is 0.135 e. The highest BCUT2D eigenvalue weighted by molar-refractivity contribution is 5.70. The summed E-state index contributed by atoms with van der Waals surface area (Å²) in [7, 11) is 1.89. The zero-order valence-electron chi connectivity index (χ0n) is 13.3. The molecule has 6 nitrogen and oxygen atoms in total. The molecule has 0 saturated carbocycles. The fourth-order valence-corrected chi connectivity index (χ4v) is 2.28. The Morgan fingerprint density at radius 3 is 2.48 bits per heavy atom. The molecule has 0 aromatic carbocycles. The fourth-order valence-electron chi connectivity index (χ4n) is 2.28. The van der Waals surface area contributed by atoms with Gasteiger partial charge in [0, 0.05) is 31.2 Å². The predicted molar refractivity (Wildman–Crippen MR) is 91.8 cm³/mol. The molecule has 23 heavy (non-hydrogen) atoms. The maximum atomic E-state index is 4.43. The van der Waals surface area contributed by atoms with E-state index in [4.69, 9.17) is 0 Å². The first-order chi connectivity index (χ1) is 11.2. The van der Waals surface area contributed by atoms with Crippen LogP contribution in [0.5, 0.6) is 0 Å². The van der Waals surface area contributed by atoms with E-state index >= 15 is 0 Å². The Hall–Kier alpha value is -3.02. The summed E-state index contributed by atoms with van der Waals surface area (Å²) in [6.45, 7) is 3.83. The lowest BCUT2D eigenvalue weighted by Crippen LogP contribution is -1.99. The predicted octanol–water partition coefficient (Wildman–Crippen LogP) is 3.34. The van der Waals surface area contributed by atoms with Crippen molar-refractivity contribution in [2.45, 2.75) is 13.8 Å². The molecular formula is C17H18N6. The highest BCUT2D eigenvalue weighted by Gasteiger charge is 2.05. The van der Waals surface area contributed by atoms with E-state index in [2.05, 4.69) is 36.6 Å². The number of anilines is 3. The van der Waals surface area contributed by atoms with Gasteiger partial charge in [-0.15, -0.1) is 0 Å². The van der Waals surface area contributed by atoms with Crippen LogP contribution in [0.15, 0.2) is 42.9 Å². The van der Waals surface area contributed by atoms with Gasteiger partial charge in [0.25, 0.3) is 0 Å². The lowest BCUT2D eigenvalue weighted by Gasteiger charge is -2.09. The molecule has 3 aromatic rings. The number of hydrogen-bond donors (Lipinski definition) is 2. The second-order valence-electron chi connectivity index (χ2n) is 5.15. The van der Waals surface area contributed by atoms with Gasteiger partial charge in [-0.25, -0.2) is 15.0 Å². The monoisotopic (exact) mass is 306 g/mol. The van der Waals surface area contributed by atoms with Crippen molar-refractivity contribution in [2.24, 2.45) is 0 Å². The third-order valence-corrected chi connectivity index (χ3v) is 3.48. The largest absolute Gasteiger partial charge is 0.387 e. The van der Waals surface area contributed by atoms with E-state index in [9.17, 15) is 0 Å². The van der Waals surface area contributed by atoms with Crippen molar-refractivity contribution >= 4 is 17.3 Å². The summed E-state index contributed by atoms with van der Waals surface area (Å²) in [4.78, 5) is 17.2. The Kier molecular flexibility index (Phi) is 4.14. The van der Waals surface area contributed by atoms with Crippen molar-refractivity contribution in [2.75, 3.05) is 17.7 Å². The van der Waals surface area contributed by atoms with E-state index in [1.165, 1.54) is 0 Å². The van der Waals surface area contributed by atoms with Gasteiger partial charge in [-0.1, -0.05) is 0 Å². The number of hydrogen-bond acceptors (Lipinski definition) is 6. The van der Waals surface area contributed by atoms with Crippen LogP contribution in [0.3, 0.4) is 0 Å². The second kappa shape index (κ2) is 6.39. The maximum absolute atomic E-state index is 4.43. The molecule has 0 unspecified atom stereocenters. The zero-order valence-corrected chi connectivity index (χ0v) is 13.3. The molecule has 0 bridgehead atoms. The number of rotatable bonds is 4. The van der Waals surface area contributed by atoms with E-state index in [1.807, 2.05) is 45.3 Å². The zero-order chi connectivity index (χ0) is 16.2. The van der Waals surface area contributed by atoms with Gasteiger partial charge in [-0.05, 0) is 43.7 Å². The Morgan fingerprint density at radius 2 is 1.70 bits per heavy atom. The molecule has 0 aliphatic carbocycles. The van der Waals surface area contributed by atoms with Crippen molar-refractivity contribution < 1.29 is 0 Å². The van der Waals surface area contributed by atoms with Gasteiger partial charge in [0.05, 0.1) is 11.4 Å². The summed E-state index contributed by atoms with van der Waals surface area (Å²) < 4.78 is 0. The molecule has 0 aliphatic rings. The standard InChI is InChI=1S/C17H18N6/c1-11-15(18-3)8-14(10-21-11)13-4-6-20-17(9-13)23-16-5-7-19-12(2)22-16/h4-10,18H,1-3H3,(H,19,20,22,23). The summed E-state index contributed by atoms with van der Waals surface area (Å²) in [6.07, 6.45) is 5.35. The molecule has 3 heterocycles. The van der Waals surface area contributed by atoms with E-state index < -0.39 is 0 Å². The van der Waals surface area contributed by atoms with Crippen LogP contribution >= 0.6 is 0 Å². The van der Waals surface area contributed by atoms with Crippen LogP contribution in [-0.4, -0.2) is 27.0 Å². The minimum Gasteiger partial charge on any atom is -0.387 e. The number of pyridine rings is 2. The fraction of sp³-hybridized carbons (Fsp3) is 0.176. The molecule has 0 atom stereocenters. The summed E-state index contributed by atoms with van der Waals surface area (Å²) in [5.74, 6) is 2.17. The van der Waals surface area contributed by atoms with E-state index in [0.29, 0.717) is 5.82 Å². The molecule has 3 rings (SSSR count). The van der Waals surface area contributed by atoms with Gasteiger partial charge in [0.2, 0.25) is 0 Å². The molecule has 6 heteroatoms. The third kappa shape index (κ3) is 3.42. The van der Waals surface area contributed by atoms with Crippen LogP contribution in [0.1, 0.15) is 11.5 Å². The molecule has 0 saturated heterocycles. The minimum absolute atomic E-state index is 0.715. The summed E-state index contributed by atoms with van der Waals surface area (Å²) in [5.41, 5.74) is 4.06. The SMILES string of the molecule is CNc1cc(-c2ccnc(Nc3ccnc(C)n3)c2)cnc1C. The molecule has 2 N–H and O–H groups in total. The molecular weight excluding hydrogens is 288 g/mol. The smallest absolute Gasteiger partial charge is 0.135 e. The number of aromatic nitrogens is 4. The second-order valence-corrected chi connectivity index (χ2v) is 5.15. The van der Waals surface area contributed by atoms with Crippen LogP contribution in [0, 0.1) is 13.8 Å². The molecule has 0 spiro atoms. The van der Waals surface area contributed by atoms with Crippen molar-refractivity contribution in [3.05, 3.63) is 54.4 Å². The van der Waals surface area contributed by atoms with Gasteiger partial charge in [0.1, 0.15) is 17.5 Å². The molecule has 0 fully saturated rings. The highest BCUT2D eigenvalue weighted by atomic mass is 15.1. The van der Waals surface area contributed by atoms with Crippen LogP contribution in [0.2, 0.25) is 0 Å². The van der Waals surface area contributed by atoms with Crippen molar-refractivity contribution in [3.8, 4) is 11.1 Å². The average molecular weight is 306 g/mol. The quantitative estimate of drug-likeness (QED) is 0.770. The number of nitrogens with zero attached hydrogens (tertiary/aromatic N) is 4. The normalized spacial score (nSPS) is 10.4. The Balaban J connectivity index is 1.90. The molecule has 0 radical (unpaired) electrons. The van der Waals surface area contributed by atoms with Crippen LogP contribution in [0.25, 0.3) is 11.1 Å².